The van der Waals surface area contributed by atoms with Gasteiger partial charge in [0.05, 0.1) is 11.9 Å². The highest BCUT2D eigenvalue weighted by molar-refractivity contribution is 6.04. The van der Waals surface area contributed by atoms with Crippen LogP contribution in [-0.2, 0) is 17.9 Å². The SMILES string of the molecule is CC(C)Nc1ncc(-c2cc(N)cc(NC(=O)c3ccccc3)c2)n(CC(=O)NCc2ccc(C(=N)N)cc2)c1=O. The summed E-state index contributed by atoms with van der Waals surface area (Å²) in [6.07, 6.45) is 1.50. The maximum atomic E-state index is 13.5. The third kappa shape index (κ3) is 7.35. The van der Waals surface area contributed by atoms with Crippen molar-refractivity contribution in [1.29, 1.82) is 5.41 Å². The average Bonchev–Trinajstić information content (AvgIpc) is 2.94. The lowest BCUT2D eigenvalue weighted by molar-refractivity contribution is -0.121. The molecule has 11 heteroatoms. The van der Waals surface area contributed by atoms with Crippen molar-refractivity contribution in [3.8, 4) is 11.3 Å². The Hall–Kier alpha value is -5.45. The van der Waals surface area contributed by atoms with Crippen LogP contribution in [0.3, 0.4) is 0 Å². The topological polar surface area (TPSA) is 181 Å². The third-order valence-electron chi connectivity index (χ3n) is 6.08. The monoisotopic (exact) mass is 552 g/mol. The van der Waals surface area contributed by atoms with Gasteiger partial charge in [-0.05, 0) is 49.7 Å². The Labute approximate surface area is 237 Å². The van der Waals surface area contributed by atoms with Crippen LogP contribution in [0.15, 0.2) is 83.8 Å². The highest BCUT2D eigenvalue weighted by Gasteiger charge is 2.17. The number of rotatable bonds is 10. The first-order valence-corrected chi connectivity index (χ1v) is 12.9. The lowest BCUT2D eigenvalue weighted by Crippen LogP contribution is -2.35. The van der Waals surface area contributed by atoms with E-state index in [1.807, 2.05) is 19.9 Å². The Kier molecular flexibility index (Phi) is 8.78. The second kappa shape index (κ2) is 12.6. The van der Waals surface area contributed by atoms with Gasteiger partial charge in [0.25, 0.3) is 11.5 Å². The van der Waals surface area contributed by atoms with Crippen molar-refractivity contribution in [1.82, 2.24) is 14.9 Å². The Morgan fingerprint density at radius 2 is 1.71 bits per heavy atom. The summed E-state index contributed by atoms with van der Waals surface area (Å²) in [5, 5.41) is 16.2. The highest BCUT2D eigenvalue weighted by atomic mass is 16.2. The van der Waals surface area contributed by atoms with E-state index in [2.05, 4.69) is 20.9 Å². The fourth-order valence-electron chi connectivity index (χ4n) is 4.11. The van der Waals surface area contributed by atoms with E-state index in [-0.39, 0.29) is 36.7 Å². The van der Waals surface area contributed by atoms with Gasteiger partial charge >= 0.3 is 0 Å². The lowest BCUT2D eigenvalue weighted by atomic mass is 10.1. The molecule has 1 aromatic heterocycles. The molecular formula is C30H32N8O3. The van der Waals surface area contributed by atoms with E-state index in [9.17, 15) is 14.4 Å². The van der Waals surface area contributed by atoms with Gasteiger partial charge in [-0.1, -0.05) is 42.5 Å². The van der Waals surface area contributed by atoms with Crippen molar-refractivity contribution in [3.05, 3.63) is 106 Å². The molecule has 0 aliphatic carbocycles. The number of amides is 2. The van der Waals surface area contributed by atoms with E-state index in [1.54, 1.807) is 66.7 Å². The number of carbonyl (C=O) groups is 2. The molecule has 11 nitrogen and oxygen atoms in total. The van der Waals surface area contributed by atoms with Gasteiger partial charge in [0.15, 0.2) is 5.82 Å². The van der Waals surface area contributed by atoms with Crippen LogP contribution in [0.5, 0.6) is 0 Å². The molecule has 210 valence electrons. The number of anilines is 3. The van der Waals surface area contributed by atoms with Crippen molar-refractivity contribution in [2.24, 2.45) is 5.73 Å². The minimum Gasteiger partial charge on any atom is -0.399 e. The van der Waals surface area contributed by atoms with E-state index >= 15 is 0 Å². The van der Waals surface area contributed by atoms with Gasteiger partial charge in [0.2, 0.25) is 5.91 Å². The molecule has 4 aromatic rings. The molecule has 0 aliphatic rings. The van der Waals surface area contributed by atoms with Crippen LogP contribution in [-0.4, -0.2) is 33.2 Å². The Bertz CT molecular complexity index is 1630. The molecule has 2 amide bonds. The van der Waals surface area contributed by atoms with Crippen LogP contribution in [0, 0.1) is 5.41 Å². The largest absolute Gasteiger partial charge is 0.399 e. The molecule has 0 aliphatic heterocycles. The summed E-state index contributed by atoms with van der Waals surface area (Å²) >= 11 is 0. The average molecular weight is 553 g/mol. The summed E-state index contributed by atoms with van der Waals surface area (Å²) < 4.78 is 1.32. The van der Waals surface area contributed by atoms with Crippen LogP contribution in [0.25, 0.3) is 11.3 Å². The van der Waals surface area contributed by atoms with Crippen LogP contribution < -0.4 is 33.0 Å². The number of nitrogens with two attached hydrogens (primary N) is 2. The lowest BCUT2D eigenvalue weighted by Gasteiger charge is -2.17. The maximum Gasteiger partial charge on any atom is 0.294 e. The Balaban J connectivity index is 1.62. The molecule has 0 saturated carbocycles. The van der Waals surface area contributed by atoms with Gasteiger partial charge < -0.3 is 27.4 Å². The zero-order chi connectivity index (χ0) is 29.5. The Morgan fingerprint density at radius 1 is 1.00 bits per heavy atom. The standard InChI is InChI=1S/C30H32N8O3/c1-18(2)36-28-30(41)38(17-26(39)34-15-19-8-10-20(11-9-19)27(32)33)25(16-35-28)22-12-23(31)14-24(13-22)37-29(40)21-6-4-3-5-7-21/h3-14,16,18H,15,17,31H2,1-2H3,(H3,32,33)(H,34,39)(H,35,36)(H,37,40). The van der Waals surface area contributed by atoms with Gasteiger partial charge in [-0.3, -0.25) is 24.4 Å². The van der Waals surface area contributed by atoms with Gasteiger partial charge in [-0.2, -0.15) is 0 Å². The van der Waals surface area contributed by atoms with Crippen LogP contribution >= 0.6 is 0 Å². The molecule has 3 aromatic carbocycles. The van der Waals surface area contributed by atoms with Gasteiger partial charge in [0, 0.05) is 40.7 Å². The number of carbonyl (C=O) groups excluding carboxylic acids is 2. The first kappa shape index (κ1) is 28.6. The van der Waals surface area contributed by atoms with E-state index in [4.69, 9.17) is 16.9 Å². The predicted molar refractivity (Wildman–Crippen MR) is 161 cm³/mol. The number of nitrogens with one attached hydrogen (secondary N) is 4. The molecule has 8 N–H and O–H groups in total. The predicted octanol–water partition coefficient (Wildman–Crippen LogP) is 3.17. The van der Waals surface area contributed by atoms with E-state index in [1.165, 1.54) is 10.8 Å². The summed E-state index contributed by atoms with van der Waals surface area (Å²) in [6, 6.07) is 20.6. The number of nitrogen functional groups attached to an aromatic ring is 2. The van der Waals surface area contributed by atoms with Gasteiger partial charge in [0.1, 0.15) is 12.4 Å². The number of amidine groups is 1. The Morgan fingerprint density at radius 3 is 2.37 bits per heavy atom. The molecule has 0 fully saturated rings. The first-order valence-electron chi connectivity index (χ1n) is 12.9. The van der Waals surface area contributed by atoms with Crippen molar-refractivity contribution >= 4 is 34.8 Å². The molecule has 41 heavy (non-hydrogen) atoms. The minimum atomic E-state index is -0.477. The van der Waals surface area contributed by atoms with Crippen LogP contribution in [0.4, 0.5) is 17.2 Å². The summed E-state index contributed by atoms with van der Waals surface area (Å²) in [6.45, 7) is 3.69. The second-order valence-corrected chi connectivity index (χ2v) is 9.73. The van der Waals surface area contributed by atoms with Gasteiger partial charge in [-0.25, -0.2) is 4.98 Å². The molecular weight excluding hydrogens is 520 g/mol. The molecule has 0 atom stereocenters. The summed E-state index contributed by atoms with van der Waals surface area (Å²) in [5.41, 5.74) is 14.7. The zero-order valence-electron chi connectivity index (χ0n) is 22.8. The van der Waals surface area contributed by atoms with E-state index in [0.29, 0.717) is 33.8 Å². The summed E-state index contributed by atoms with van der Waals surface area (Å²) in [5.74, 6) is -0.643. The normalized spacial score (nSPS) is 10.7. The maximum absolute atomic E-state index is 13.5. The third-order valence-corrected chi connectivity index (χ3v) is 6.08. The smallest absolute Gasteiger partial charge is 0.294 e. The molecule has 1 heterocycles. The number of aromatic nitrogens is 2. The molecule has 4 rings (SSSR count). The van der Waals surface area contributed by atoms with Crippen molar-refractivity contribution < 1.29 is 9.59 Å². The van der Waals surface area contributed by atoms with Crippen molar-refractivity contribution in [2.45, 2.75) is 33.0 Å². The van der Waals surface area contributed by atoms with E-state index < -0.39 is 11.5 Å². The minimum absolute atomic E-state index is 0.0414. The zero-order valence-corrected chi connectivity index (χ0v) is 22.8. The van der Waals surface area contributed by atoms with Crippen LogP contribution in [0.1, 0.15) is 35.3 Å². The fraction of sp³-hybridized carbons (Fsp3) is 0.167. The van der Waals surface area contributed by atoms with Crippen LogP contribution in [0.2, 0.25) is 0 Å². The first-order chi connectivity index (χ1) is 19.6. The second-order valence-electron chi connectivity index (χ2n) is 9.73. The molecule has 0 bridgehead atoms. The fourth-order valence-corrected chi connectivity index (χ4v) is 4.11. The molecule has 0 radical (unpaired) electrons. The van der Waals surface area contributed by atoms with E-state index in [0.717, 1.165) is 5.56 Å². The number of hydrogen-bond acceptors (Lipinski definition) is 7. The quantitative estimate of drug-likeness (QED) is 0.0992. The number of benzene rings is 3. The summed E-state index contributed by atoms with van der Waals surface area (Å²) in [7, 11) is 0. The molecule has 0 spiro atoms. The molecule has 0 unspecified atom stereocenters. The van der Waals surface area contributed by atoms with Gasteiger partial charge in [-0.15, -0.1) is 0 Å². The number of hydrogen-bond donors (Lipinski definition) is 6. The molecule has 0 saturated heterocycles. The summed E-state index contributed by atoms with van der Waals surface area (Å²) in [4.78, 5) is 43.5. The number of nitrogens with zero attached hydrogens (tertiary/aromatic N) is 2. The van der Waals surface area contributed by atoms with Crippen molar-refractivity contribution in [3.63, 3.8) is 0 Å². The van der Waals surface area contributed by atoms with Crippen molar-refractivity contribution in [2.75, 3.05) is 16.4 Å². The highest BCUT2D eigenvalue weighted by Crippen LogP contribution is 2.26.